The minimum absolute atomic E-state index is 0.00147. The fourth-order valence-electron chi connectivity index (χ4n) is 5.65. The van der Waals surface area contributed by atoms with Crippen molar-refractivity contribution in [3.63, 3.8) is 0 Å². The van der Waals surface area contributed by atoms with E-state index < -0.39 is 36.0 Å². The quantitative estimate of drug-likeness (QED) is 0.224. The van der Waals surface area contributed by atoms with E-state index in [4.69, 9.17) is 32.7 Å². The summed E-state index contributed by atoms with van der Waals surface area (Å²) in [6.07, 6.45) is -0.281. The molecule has 2 saturated carbocycles. The number of halogens is 6. The zero-order valence-corrected chi connectivity index (χ0v) is 24.5. The average molecular weight is 631 g/mol. The van der Waals surface area contributed by atoms with Gasteiger partial charge in [0.25, 0.3) is 5.91 Å². The van der Waals surface area contributed by atoms with Gasteiger partial charge in [-0.3, -0.25) is 9.69 Å². The molecule has 0 radical (unpaired) electrons. The topological polar surface area (TPSA) is 67.9 Å². The van der Waals surface area contributed by atoms with Crippen molar-refractivity contribution in [2.24, 2.45) is 11.8 Å². The van der Waals surface area contributed by atoms with E-state index in [9.17, 15) is 22.8 Å². The first kappa shape index (κ1) is 30.9. The van der Waals surface area contributed by atoms with Gasteiger partial charge in [-0.15, -0.1) is 0 Å². The van der Waals surface area contributed by atoms with E-state index in [-0.39, 0.29) is 58.6 Å². The van der Waals surface area contributed by atoms with Crippen molar-refractivity contribution in [2.75, 3.05) is 26.8 Å². The van der Waals surface area contributed by atoms with Crippen molar-refractivity contribution < 1.29 is 36.6 Å². The van der Waals surface area contributed by atoms with E-state index in [0.29, 0.717) is 18.6 Å². The predicted octanol–water partition coefficient (Wildman–Crippen LogP) is 7.09. The fraction of sp³-hybridized carbons (Fsp3) is 0.533. The Balaban J connectivity index is 1.23. The number of alkyl halides is 3. The highest BCUT2D eigenvalue weighted by Crippen LogP contribution is 2.46. The number of piperidine rings is 1. The third-order valence-electron chi connectivity index (χ3n) is 8.20. The van der Waals surface area contributed by atoms with Crippen LogP contribution in [0, 0.1) is 17.7 Å². The molecular formula is C30H32Cl2F4N2O4. The lowest BCUT2D eigenvalue weighted by Gasteiger charge is -2.38. The second kappa shape index (κ2) is 12.6. The van der Waals surface area contributed by atoms with Crippen molar-refractivity contribution in [1.82, 2.24) is 10.2 Å². The maximum Gasteiger partial charge on any atom is 0.408 e. The number of carbonyl (C=O) groups is 2. The zero-order chi connectivity index (χ0) is 30.2. The van der Waals surface area contributed by atoms with Gasteiger partial charge in [-0.2, -0.15) is 13.2 Å². The van der Waals surface area contributed by atoms with E-state index in [1.165, 1.54) is 42.3 Å². The van der Waals surface area contributed by atoms with Gasteiger partial charge in [0.1, 0.15) is 23.7 Å². The summed E-state index contributed by atoms with van der Waals surface area (Å²) >= 11 is 12.0. The van der Waals surface area contributed by atoms with Crippen LogP contribution in [-0.2, 0) is 9.53 Å². The van der Waals surface area contributed by atoms with Crippen molar-refractivity contribution in [2.45, 2.75) is 62.7 Å². The molecule has 0 aromatic heterocycles. The Labute approximate surface area is 251 Å². The highest BCUT2D eigenvalue weighted by atomic mass is 35.5. The average Bonchev–Trinajstić information content (AvgIpc) is 3.84. The molecule has 5 rings (SSSR count). The van der Waals surface area contributed by atoms with E-state index >= 15 is 4.39 Å². The van der Waals surface area contributed by atoms with Crippen LogP contribution < -0.4 is 10.1 Å². The molecule has 1 amide bonds. The number of hydrogen-bond donors (Lipinski definition) is 1. The first-order valence-corrected chi connectivity index (χ1v) is 14.8. The molecule has 2 atom stereocenters. The van der Waals surface area contributed by atoms with Crippen LogP contribution >= 0.6 is 23.2 Å². The van der Waals surface area contributed by atoms with Gasteiger partial charge in [0.05, 0.1) is 19.3 Å². The van der Waals surface area contributed by atoms with Crippen LogP contribution in [0.2, 0.25) is 10.0 Å². The molecular weight excluding hydrogens is 599 g/mol. The summed E-state index contributed by atoms with van der Waals surface area (Å²) in [6.45, 7) is 0.589. The molecule has 1 saturated heterocycles. The number of benzene rings is 2. The van der Waals surface area contributed by atoms with Gasteiger partial charge in [0.2, 0.25) is 0 Å². The maximum atomic E-state index is 15.2. The molecule has 2 aromatic carbocycles. The van der Waals surface area contributed by atoms with Crippen molar-refractivity contribution in [3.8, 4) is 5.75 Å². The number of rotatable bonds is 10. The van der Waals surface area contributed by atoms with Crippen LogP contribution in [0.4, 0.5) is 17.6 Å². The number of hydrogen-bond acceptors (Lipinski definition) is 5. The third-order valence-corrected chi connectivity index (χ3v) is 8.63. The standard InChI is InChI=1S/C30H32Cl2F4N2O4/c1-41-29(40)26(18-4-5-18)37-28(39)23-13-22(17-2-3-17)25(14-24(23)33)42-15-16-6-8-38(9-7-16)27(30(34,35)36)19-10-20(31)12-21(32)11-19/h10-14,16-18,26-27H,2-9,15H2,1H3,(H,37,39)/t26-,27?/m0/s1. The van der Waals surface area contributed by atoms with E-state index in [0.717, 1.165) is 31.2 Å². The molecule has 2 aromatic rings. The highest BCUT2D eigenvalue weighted by molar-refractivity contribution is 6.34. The summed E-state index contributed by atoms with van der Waals surface area (Å²) < 4.78 is 68.3. The third kappa shape index (κ3) is 7.32. The maximum absolute atomic E-state index is 15.2. The van der Waals surface area contributed by atoms with Crippen LogP contribution in [0.3, 0.4) is 0 Å². The second-order valence-corrected chi connectivity index (χ2v) is 12.3. The van der Waals surface area contributed by atoms with Gasteiger partial charge in [0, 0.05) is 16.1 Å². The monoisotopic (exact) mass is 630 g/mol. The molecule has 1 aliphatic heterocycles. The number of nitrogens with zero attached hydrogens (tertiary/aromatic N) is 1. The van der Waals surface area contributed by atoms with Gasteiger partial charge in [-0.25, -0.2) is 9.18 Å². The van der Waals surface area contributed by atoms with Gasteiger partial charge in [0.15, 0.2) is 0 Å². The normalized spacial score (nSPS) is 19.7. The number of likely N-dealkylation sites (tertiary alicyclic amines) is 1. The number of carbonyl (C=O) groups excluding carboxylic acids is 2. The minimum atomic E-state index is -4.52. The molecule has 2 aliphatic carbocycles. The molecule has 42 heavy (non-hydrogen) atoms. The fourth-order valence-corrected chi connectivity index (χ4v) is 6.20. The number of methoxy groups -OCH3 is 1. The number of ether oxygens (including phenoxy) is 2. The summed E-state index contributed by atoms with van der Waals surface area (Å²) in [5.41, 5.74) is 0.555. The Bertz CT molecular complexity index is 1300. The minimum Gasteiger partial charge on any atom is -0.493 e. The molecule has 3 aliphatic rings. The van der Waals surface area contributed by atoms with Crippen LogP contribution in [0.25, 0.3) is 0 Å². The predicted molar refractivity (Wildman–Crippen MR) is 149 cm³/mol. The number of nitrogens with one attached hydrogen (secondary N) is 1. The Hall–Kier alpha value is -2.56. The summed E-state index contributed by atoms with van der Waals surface area (Å²) in [4.78, 5) is 26.4. The Kier molecular flexibility index (Phi) is 9.25. The molecule has 1 N–H and O–H groups in total. The van der Waals surface area contributed by atoms with Crippen LogP contribution in [0.5, 0.6) is 5.75 Å². The molecule has 12 heteroatoms. The van der Waals surface area contributed by atoms with Gasteiger partial charge in [-0.05, 0) is 105 Å². The largest absolute Gasteiger partial charge is 0.493 e. The summed E-state index contributed by atoms with van der Waals surface area (Å²) in [5, 5.41) is 2.91. The van der Waals surface area contributed by atoms with Crippen LogP contribution in [0.15, 0.2) is 30.3 Å². The van der Waals surface area contributed by atoms with Crippen molar-refractivity contribution in [1.29, 1.82) is 0 Å². The Morgan fingerprint density at radius 3 is 2.19 bits per heavy atom. The Morgan fingerprint density at radius 2 is 1.64 bits per heavy atom. The lowest BCUT2D eigenvalue weighted by molar-refractivity contribution is -0.190. The van der Waals surface area contributed by atoms with Crippen LogP contribution in [-0.4, -0.2) is 55.8 Å². The van der Waals surface area contributed by atoms with Gasteiger partial charge in [-0.1, -0.05) is 23.2 Å². The Morgan fingerprint density at radius 1 is 1.00 bits per heavy atom. The first-order valence-electron chi connectivity index (χ1n) is 14.1. The molecule has 0 spiro atoms. The molecule has 1 heterocycles. The zero-order valence-electron chi connectivity index (χ0n) is 23.0. The molecule has 1 unspecified atom stereocenters. The van der Waals surface area contributed by atoms with Gasteiger partial charge < -0.3 is 14.8 Å². The van der Waals surface area contributed by atoms with Crippen molar-refractivity contribution in [3.05, 3.63) is 62.9 Å². The molecule has 0 bridgehead atoms. The summed E-state index contributed by atoms with van der Waals surface area (Å²) in [6, 6.07) is 4.02. The lowest BCUT2D eigenvalue weighted by atomic mass is 9.94. The SMILES string of the molecule is COC(=O)[C@@H](NC(=O)c1cc(C2CC2)c(OCC2CCN(C(c3cc(Cl)cc(Cl)c3)C(F)(F)F)CC2)cc1F)C1CC1. The lowest BCUT2D eigenvalue weighted by Crippen LogP contribution is -2.44. The summed E-state index contributed by atoms with van der Waals surface area (Å²) in [7, 11) is 1.25. The van der Waals surface area contributed by atoms with Crippen molar-refractivity contribution >= 4 is 35.1 Å². The number of esters is 1. The highest BCUT2D eigenvalue weighted by Gasteiger charge is 2.46. The van der Waals surface area contributed by atoms with Gasteiger partial charge >= 0.3 is 12.1 Å². The van der Waals surface area contributed by atoms with E-state index in [1.54, 1.807) is 0 Å². The molecule has 228 valence electrons. The first-order chi connectivity index (χ1) is 19.9. The summed E-state index contributed by atoms with van der Waals surface area (Å²) in [5.74, 6) is -1.59. The molecule has 3 fully saturated rings. The second-order valence-electron chi connectivity index (χ2n) is 11.4. The smallest absolute Gasteiger partial charge is 0.408 e. The van der Waals surface area contributed by atoms with E-state index in [1.807, 2.05) is 0 Å². The number of amides is 1. The van der Waals surface area contributed by atoms with Crippen LogP contribution in [0.1, 0.15) is 72.0 Å². The molecule has 6 nitrogen and oxygen atoms in total. The van der Waals surface area contributed by atoms with E-state index in [2.05, 4.69) is 5.32 Å².